The third-order valence-electron chi connectivity index (χ3n) is 4.18. The zero-order valence-electron chi connectivity index (χ0n) is 11.9. The van der Waals surface area contributed by atoms with E-state index in [1.54, 1.807) is 13.0 Å². The number of nitrogens with one attached hydrogen (secondary N) is 1. The molecule has 104 valence electrons. The van der Waals surface area contributed by atoms with E-state index in [0.29, 0.717) is 17.5 Å². The van der Waals surface area contributed by atoms with Crippen molar-refractivity contribution < 1.29 is 4.39 Å². The molecule has 3 unspecified atom stereocenters. The minimum Gasteiger partial charge on any atom is -0.307 e. The van der Waals surface area contributed by atoms with Gasteiger partial charge in [0.05, 0.1) is 0 Å². The monoisotopic (exact) mass is 269 g/mol. The van der Waals surface area contributed by atoms with Crippen LogP contribution in [-0.4, -0.2) is 6.04 Å². The molecule has 2 heteroatoms. The van der Waals surface area contributed by atoms with Crippen LogP contribution in [0.1, 0.15) is 42.0 Å². The SMILES string of the molecule is Cc1ccc(C(C)NC2CC2c2ccccc2)cc1F. The number of rotatable bonds is 4. The van der Waals surface area contributed by atoms with Crippen LogP contribution < -0.4 is 5.32 Å². The van der Waals surface area contributed by atoms with Gasteiger partial charge < -0.3 is 5.32 Å². The van der Waals surface area contributed by atoms with Gasteiger partial charge in [-0.2, -0.15) is 0 Å². The lowest BCUT2D eigenvalue weighted by Crippen LogP contribution is -2.22. The summed E-state index contributed by atoms with van der Waals surface area (Å²) in [6, 6.07) is 16.8. The lowest BCUT2D eigenvalue weighted by atomic mass is 10.1. The van der Waals surface area contributed by atoms with Crippen molar-refractivity contribution in [2.75, 3.05) is 0 Å². The molecule has 20 heavy (non-hydrogen) atoms. The smallest absolute Gasteiger partial charge is 0.126 e. The van der Waals surface area contributed by atoms with Gasteiger partial charge in [0, 0.05) is 18.0 Å². The van der Waals surface area contributed by atoms with Crippen molar-refractivity contribution in [3.05, 3.63) is 71.0 Å². The molecule has 0 spiro atoms. The Morgan fingerprint density at radius 2 is 1.90 bits per heavy atom. The van der Waals surface area contributed by atoms with Gasteiger partial charge in [-0.15, -0.1) is 0 Å². The van der Waals surface area contributed by atoms with Crippen molar-refractivity contribution in [3.63, 3.8) is 0 Å². The Bertz CT molecular complexity index is 594. The maximum atomic E-state index is 13.6. The molecule has 1 saturated carbocycles. The third-order valence-corrected chi connectivity index (χ3v) is 4.18. The first kappa shape index (κ1) is 13.3. The second-order valence-corrected chi connectivity index (χ2v) is 5.76. The summed E-state index contributed by atoms with van der Waals surface area (Å²) in [6.07, 6.45) is 1.17. The van der Waals surface area contributed by atoms with Crippen molar-refractivity contribution in [1.82, 2.24) is 5.32 Å². The van der Waals surface area contributed by atoms with Crippen molar-refractivity contribution >= 4 is 0 Å². The summed E-state index contributed by atoms with van der Waals surface area (Å²) in [5.74, 6) is 0.487. The van der Waals surface area contributed by atoms with E-state index < -0.39 is 0 Å². The summed E-state index contributed by atoms with van der Waals surface area (Å²) in [5.41, 5.74) is 3.12. The Morgan fingerprint density at radius 3 is 2.60 bits per heavy atom. The number of hydrogen-bond acceptors (Lipinski definition) is 1. The van der Waals surface area contributed by atoms with E-state index in [2.05, 4.69) is 36.5 Å². The van der Waals surface area contributed by atoms with Crippen LogP contribution in [0.4, 0.5) is 4.39 Å². The predicted octanol–water partition coefficient (Wildman–Crippen LogP) is 4.34. The predicted molar refractivity (Wildman–Crippen MR) is 80.3 cm³/mol. The topological polar surface area (TPSA) is 12.0 Å². The van der Waals surface area contributed by atoms with E-state index in [9.17, 15) is 4.39 Å². The molecule has 2 aromatic carbocycles. The molecule has 0 heterocycles. The standard InChI is InChI=1S/C18H20FN/c1-12-8-9-15(10-17(12)19)13(2)20-18-11-16(18)14-6-4-3-5-7-14/h3-10,13,16,18,20H,11H2,1-2H3. The van der Waals surface area contributed by atoms with Gasteiger partial charge in [0.1, 0.15) is 5.82 Å². The van der Waals surface area contributed by atoms with Gasteiger partial charge in [0.2, 0.25) is 0 Å². The van der Waals surface area contributed by atoms with E-state index in [1.807, 2.05) is 18.2 Å². The van der Waals surface area contributed by atoms with Gasteiger partial charge >= 0.3 is 0 Å². The van der Waals surface area contributed by atoms with Gasteiger partial charge in [0.15, 0.2) is 0 Å². The summed E-state index contributed by atoms with van der Waals surface area (Å²) in [7, 11) is 0. The van der Waals surface area contributed by atoms with E-state index in [4.69, 9.17) is 0 Å². The van der Waals surface area contributed by atoms with Crippen molar-refractivity contribution in [1.29, 1.82) is 0 Å². The summed E-state index contributed by atoms with van der Waals surface area (Å²) < 4.78 is 13.6. The van der Waals surface area contributed by atoms with E-state index in [0.717, 1.165) is 5.56 Å². The first-order valence-electron chi connectivity index (χ1n) is 7.22. The second kappa shape index (κ2) is 5.37. The Balaban J connectivity index is 1.63. The van der Waals surface area contributed by atoms with Gasteiger partial charge in [-0.25, -0.2) is 4.39 Å². The number of halogens is 1. The highest BCUT2D eigenvalue weighted by atomic mass is 19.1. The molecule has 0 amide bonds. The number of hydrogen-bond donors (Lipinski definition) is 1. The highest BCUT2D eigenvalue weighted by Gasteiger charge is 2.38. The average Bonchev–Trinajstić information content (AvgIpc) is 3.22. The highest BCUT2D eigenvalue weighted by molar-refractivity contribution is 5.29. The van der Waals surface area contributed by atoms with Crippen LogP contribution in [-0.2, 0) is 0 Å². The molecule has 0 saturated heterocycles. The normalized spacial score (nSPS) is 22.6. The Hall–Kier alpha value is -1.67. The summed E-state index contributed by atoms with van der Waals surface area (Å²) in [5, 5.41) is 3.60. The molecule has 1 N–H and O–H groups in total. The van der Waals surface area contributed by atoms with Crippen LogP contribution in [0.25, 0.3) is 0 Å². The van der Waals surface area contributed by atoms with Crippen LogP contribution in [0.3, 0.4) is 0 Å². The molecule has 0 radical (unpaired) electrons. The summed E-state index contributed by atoms with van der Waals surface area (Å²) >= 11 is 0. The van der Waals surface area contributed by atoms with Crippen LogP contribution in [0.2, 0.25) is 0 Å². The maximum Gasteiger partial charge on any atom is 0.126 e. The fraction of sp³-hybridized carbons (Fsp3) is 0.333. The molecule has 1 nitrogen and oxygen atoms in total. The van der Waals surface area contributed by atoms with E-state index in [-0.39, 0.29) is 11.9 Å². The van der Waals surface area contributed by atoms with Gasteiger partial charge in [0.25, 0.3) is 0 Å². The minimum atomic E-state index is -0.119. The summed E-state index contributed by atoms with van der Waals surface area (Å²) in [6.45, 7) is 3.90. The first-order valence-corrected chi connectivity index (χ1v) is 7.22. The van der Waals surface area contributed by atoms with Crippen molar-refractivity contribution in [2.45, 2.75) is 38.3 Å². The highest BCUT2D eigenvalue weighted by Crippen LogP contribution is 2.41. The maximum absolute atomic E-state index is 13.6. The van der Waals surface area contributed by atoms with Crippen molar-refractivity contribution in [3.8, 4) is 0 Å². The Morgan fingerprint density at radius 1 is 1.15 bits per heavy atom. The van der Waals surface area contributed by atoms with Crippen LogP contribution >= 0.6 is 0 Å². The van der Waals surface area contributed by atoms with E-state index in [1.165, 1.54) is 12.0 Å². The third kappa shape index (κ3) is 2.75. The average molecular weight is 269 g/mol. The molecule has 3 atom stereocenters. The van der Waals surface area contributed by atoms with Gasteiger partial charge in [-0.3, -0.25) is 0 Å². The molecular weight excluding hydrogens is 249 g/mol. The van der Waals surface area contributed by atoms with Crippen LogP contribution in [0.5, 0.6) is 0 Å². The molecule has 1 aliphatic rings. The Labute approximate surface area is 119 Å². The Kier molecular flexibility index (Phi) is 3.58. The van der Waals surface area contributed by atoms with E-state index >= 15 is 0 Å². The molecule has 0 bridgehead atoms. The first-order chi connectivity index (χ1) is 9.65. The fourth-order valence-electron chi connectivity index (χ4n) is 2.74. The van der Waals surface area contributed by atoms with Crippen molar-refractivity contribution in [2.24, 2.45) is 0 Å². The summed E-state index contributed by atoms with van der Waals surface area (Å²) in [4.78, 5) is 0. The molecular formula is C18H20FN. The van der Waals surface area contributed by atoms with Gasteiger partial charge in [-0.05, 0) is 43.0 Å². The van der Waals surface area contributed by atoms with Gasteiger partial charge in [-0.1, -0.05) is 42.5 Å². The van der Waals surface area contributed by atoms with Crippen LogP contribution in [0.15, 0.2) is 48.5 Å². The molecule has 1 aliphatic carbocycles. The molecule has 0 aromatic heterocycles. The quantitative estimate of drug-likeness (QED) is 0.870. The molecule has 2 aromatic rings. The lowest BCUT2D eigenvalue weighted by molar-refractivity contribution is 0.553. The number of benzene rings is 2. The molecule has 1 fully saturated rings. The zero-order chi connectivity index (χ0) is 14.1. The minimum absolute atomic E-state index is 0.119. The zero-order valence-corrected chi connectivity index (χ0v) is 11.9. The molecule has 3 rings (SSSR count). The fourth-order valence-corrected chi connectivity index (χ4v) is 2.74. The molecule has 0 aliphatic heterocycles. The second-order valence-electron chi connectivity index (χ2n) is 5.76. The lowest BCUT2D eigenvalue weighted by Gasteiger charge is -2.15. The van der Waals surface area contributed by atoms with Crippen LogP contribution in [0, 0.1) is 12.7 Å². The number of aryl methyl sites for hydroxylation is 1. The largest absolute Gasteiger partial charge is 0.307 e.